The van der Waals surface area contributed by atoms with Crippen LogP contribution in [0.4, 0.5) is 0 Å². The van der Waals surface area contributed by atoms with Crippen molar-refractivity contribution in [2.24, 2.45) is 0 Å². The quantitative estimate of drug-likeness (QED) is 0.640. The molecule has 1 aromatic heterocycles. The molecular weight excluding hydrogens is 324 g/mol. The monoisotopic (exact) mass is 342 g/mol. The second-order valence-corrected chi connectivity index (χ2v) is 6.11. The minimum atomic E-state index is -0.735. The van der Waals surface area contributed by atoms with E-state index in [0.717, 1.165) is 28.1 Å². The molecule has 3 aromatic rings. The number of aryl methyl sites for hydroxylation is 1. The van der Waals surface area contributed by atoms with Gasteiger partial charge in [-0.15, -0.1) is 0 Å². The fraction of sp³-hybridized carbons (Fsp3) is 0.211. The van der Waals surface area contributed by atoms with Gasteiger partial charge in [0.05, 0.1) is 12.7 Å². The molecule has 1 heterocycles. The zero-order valence-corrected chi connectivity index (χ0v) is 13.9. The van der Waals surface area contributed by atoms with Crippen molar-refractivity contribution in [3.63, 3.8) is 0 Å². The van der Waals surface area contributed by atoms with Crippen molar-refractivity contribution in [2.45, 2.75) is 18.9 Å². The summed E-state index contributed by atoms with van der Waals surface area (Å²) in [5, 5.41) is 26.9. The molecule has 0 aliphatic carbocycles. The van der Waals surface area contributed by atoms with Crippen molar-refractivity contribution < 1.29 is 10.2 Å². The van der Waals surface area contributed by atoms with Crippen LogP contribution in [0.3, 0.4) is 0 Å². The van der Waals surface area contributed by atoms with Crippen LogP contribution in [0, 0.1) is 0 Å². The number of halogens is 1. The summed E-state index contributed by atoms with van der Waals surface area (Å²) in [5.41, 5.74) is 4.74. The molecule has 5 heteroatoms. The minimum Gasteiger partial charge on any atom is -0.394 e. The molecule has 3 rings (SSSR count). The molecule has 1 atom stereocenters. The van der Waals surface area contributed by atoms with Gasteiger partial charge in [-0.2, -0.15) is 5.10 Å². The van der Waals surface area contributed by atoms with E-state index in [9.17, 15) is 5.11 Å². The van der Waals surface area contributed by atoms with E-state index in [-0.39, 0.29) is 6.61 Å². The van der Waals surface area contributed by atoms with E-state index in [4.69, 9.17) is 16.7 Å². The van der Waals surface area contributed by atoms with Crippen molar-refractivity contribution in [3.8, 4) is 22.4 Å². The van der Waals surface area contributed by atoms with Gasteiger partial charge in [0.25, 0.3) is 0 Å². The molecule has 0 aliphatic heterocycles. The van der Waals surface area contributed by atoms with Crippen LogP contribution in [0.25, 0.3) is 22.4 Å². The first kappa shape index (κ1) is 16.7. The van der Waals surface area contributed by atoms with Crippen LogP contribution in [0.1, 0.15) is 12.1 Å². The number of aromatic nitrogens is 2. The fourth-order valence-corrected chi connectivity index (χ4v) is 2.91. The van der Waals surface area contributed by atoms with E-state index in [1.54, 1.807) is 0 Å². The Bertz CT molecular complexity index is 802. The van der Waals surface area contributed by atoms with E-state index in [0.29, 0.717) is 17.9 Å². The predicted octanol–water partition coefficient (Wildman–Crippen LogP) is 3.68. The summed E-state index contributed by atoms with van der Waals surface area (Å²) in [4.78, 5) is 0. The lowest BCUT2D eigenvalue weighted by molar-refractivity contribution is 0.0884. The highest BCUT2D eigenvalue weighted by Gasteiger charge is 2.17. The number of benzene rings is 2. The van der Waals surface area contributed by atoms with Gasteiger partial charge < -0.3 is 10.2 Å². The summed E-state index contributed by atoms with van der Waals surface area (Å²) in [6.07, 6.45) is 0.310. The molecule has 2 aromatic carbocycles. The van der Waals surface area contributed by atoms with E-state index >= 15 is 0 Å². The highest BCUT2D eigenvalue weighted by molar-refractivity contribution is 6.30. The molecule has 0 amide bonds. The van der Waals surface area contributed by atoms with Crippen LogP contribution in [-0.4, -0.2) is 33.1 Å². The fourth-order valence-electron chi connectivity index (χ4n) is 2.72. The Morgan fingerprint density at radius 3 is 2.50 bits per heavy atom. The molecule has 3 N–H and O–H groups in total. The first-order valence-electron chi connectivity index (χ1n) is 7.86. The number of nitrogens with zero attached hydrogens (tertiary/aromatic N) is 1. The summed E-state index contributed by atoms with van der Waals surface area (Å²) in [6.45, 7) is -0.244. The standard InChI is InChI=1S/C19H19ClN2O2/c20-15-8-4-7-14(11-15)18-17(10-9-16(24)12-23)21-22-19(18)13-5-2-1-3-6-13/h1-8,11,16,23-24H,9-10,12H2,(H,21,22)/t16-/m0/s1. The van der Waals surface area contributed by atoms with Gasteiger partial charge >= 0.3 is 0 Å². The third-order valence-electron chi connectivity index (χ3n) is 3.94. The SMILES string of the molecule is OC[C@@H](O)CCc1[nH]nc(-c2ccccc2)c1-c1cccc(Cl)c1. The molecule has 0 unspecified atom stereocenters. The summed E-state index contributed by atoms with van der Waals surface area (Å²) >= 11 is 6.16. The molecule has 24 heavy (non-hydrogen) atoms. The normalized spacial score (nSPS) is 12.3. The number of hydrogen-bond donors (Lipinski definition) is 3. The highest BCUT2D eigenvalue weighted by atomic mass is 35.5. The number of H-pyrrole nitrogens is 1. The minimum absolute atomic E-state index is 0.244. The Morgan fingerprint density at radius 2 is 1.79 bits per heavy atom. The molecule has 0 saturated carbocycles. The second kappa shape index (κ2) is 7.62. The Morgan fingerprint density at radius 1 is 1.04 bits per heavy atom. The number of aliphatic hydroxyl groups excluding tert-OH is 2. The zero-order valence-electron chi connectivity index (χ0n) is 13.1. The first-order chi connectivity index (χ1) is 11.7. The van der Waals surface area contributed by atoms with Crippen LogP contribution >= 0.6 is 11.6 Å². The number of rotatable bonds is 6. The predicted molar refractivity (Wildman–Crippen MR) is 95.9 cm³/mol. The van der Waals surface area contributed by atoms with Crippen LogP contribution < -0.4 is 0 Å². The molecular formula is C19H19ClN2O2. The van der Waals surface area contributed by atoms with Crippen LogP contribution in [0.15, 0.2) is 54.6 Å². The summed E-state index contributed by atoms with van der Waals surface area (Å²) in [7, 11) is 0. The van der Waals surface area contributed by atoms with Crippen molar-refractivity contribution in [1.82, 2.24) is 10.2 Å². The third-order valence-corrected chi connectivity index (χ3v) is 4.18. The van der Waals surface area contributed by atoms with Gasteiger partial charge in [0.2, 0.25) is 0 Å². The summed E-state index contributed by atoms with van der Waals surface area (Å²) in [5.74, 6) is 0. The van der Waals surface area contributed by atoms with E-state index < -0.39 is 6.10 Å². The van der Waals surface area contributed by atoms with E-state index in [1.165, 1.54) is 0 Å². The Balaban J connectivity index is 2.05. The average Bonchev–Trinajstić information content (AvgIpc) is 3.04. The maximum Gasteiger partial charge on any atom is 0.100 e. The molecule has 0 spiro atoms. The molecule has 0 aliphatic rings. The van der Waals surface area contributed by atoms with Gasteiger partial charge in [0.1, 0.15) is 5.69 Å². The van der Waals surface area contributed by atoms with Crippen molar-refractivity contribution in [2.75, 3.05) is 6.61 Å². The van der Waals surface area contributed by atoms with Crippen LogP contribution in [0.2, 0.25) is 5.02 Å². The first-order valence-corrected chi connectivity index (χ1v) is 8.24. The Hall–Kier alpha value is -2.14. The largest absolute Gasteiger partial charge is 0.394 e. The third kappa shape index (κ3) is 3.67. The molecule has 124 valence electrons. The Labute approximate surface area is 145 Å². The van der Waals surface area contributed by atoms with E-state index in [2.05, 4.69) is 10.2 Å². The number of aromatic amines is 1. The smallest absolute Gasteiger partial charge is 0.100 e. The van der Waals surface area contributed by atoms with Gasteiger partial charge in [0, 0.05) is 21.8 Å². The van der Waals surface area contributed by atoms with Crippen LogP contribution in [-0.2, 0) is 6.42 Å². The topological polar surface area (TPSA) is 69.1 Å². The molecule has 0 radical (unpaired) electrons. The molecule has 4 nitrogen and oxygen atoms in total. The van der Waals surface area contributed by atoms with Crippen molar-refractivity contribution in [1.29, 1.82) is 0 Å². The second-order valence-electron chi connectivity index (χ2n) is 5.68. The molecule has 0 bridgehead atoms. The lowest BCUT2D eigenvalue weighted by Gasteiger charge is -2.09. The number of hydrogen-bond acceptors (Lipinski definition) is 3. The highest BCUT2D eigenvalue weighted by Crippen LogP contribution is 2.34. The summed E-state index contributed by atoms with van der Waals surface area (Å²) < 4.78 is 0. The van der Waals surface area contributed by atoms with Gasteiger partial charge in [-0.1, -0.05) is 54.1 Å². The van der Waals surface area contributed by atoms with E-state index in [1.807, 2.05) is 54.6 Å². The maximum absolute atomic E-state index is 9.64. The van der Waals surface area contributed by atoms with Gasteiger partial charge in [-0.25, -0.2) is 0 Å². The molecule has 0 fully saturated rings. The van der Waals surface area contributed by atoms with Gasteiger partial charge in [-0.3, -0.25) is 5.10 Å². The van der Waals surface area contributed by atoms with Crippen molar-refractivity contribution in [3.05, 3.63) is 65.3 Å². The number of nitrogens with one attached hydrogen (secondary N) is 1. The van der Waals surface area contributed by atoms with Crippen molar-refractivity contribution >= 4 is 11.6 Å². The lowest BCUT2D eigenvalue weighted by atomic mass is 9.97. The number of aliphatic hydroxyl groups is 2. The molecule has 0 saturated heterocycles. The maximum atomic E-state index is 9.64. The average molecular weight is 343 g/mol. The van der Waals surface area contributed by atoms with Gasteiger partial charge in [0.15, 0.2) is 0 Å². The summed E-state index contributed by atoms with van der Waals surface area (Å²) in [6, 6.07) is 17.6. The Kier molecular flexibility index (Phi) is 5.30. The van der Waals surface area contributed by atoms with Gasteiger partial charge in [-0.05, 0) is 30.5 Å². The zero-order chi connectivity index (χ0) is 16.9. The lowest BCUT2D eigenvalue weighted by Crippen LogP contribution is -2.13. The van der Waals surface area contributed by atoms with Crippen LogP contribution in [0.5, 0.6) is 0 Å².